The zero-order valence-electron chi connectivity index (χ0n) is 13.6. The molecule has 2 nitrogen and oxygen atoms in total. The van der Waals surface area contributed by atoms with E-state index in [4.69, 9.17) is 17.0 Å². The van der Waals surface area contributed by atoms with Crippen LogP contribution in [0.15, 0.2) is 48.5 Å². The lowest BCUT2D eigenvalue weighted by molar-refractivity contribution is 0.309. The fraction of sp³-hybridized carbons (Fsp3) is 0.350. The number of thiocarbonyl (C=S) groups is 1. The molecular formula is C20H23NOS. The summed E-state index contributed by atoms with van der Waals surface area (Å²) in [5, 5.41) is 0. The van der Waals surface area contributed by atoms with Crippen LogP contribution in [0, 0.1) is 0 Å². The number of ether oxygens (including phenoxy) is 1. The Hall–Kier alpha value is -1.87. The van der Waals surface area contributed by atoms with Gasteiger partial charge in [-0.05, 0) is 48.2 Å². The summed E-state index contributed by atoms with van der Waals surface area (Å²) in [5.74, 6) is 0.925. The SMILES string of the molecule is CCCCOc1ccc(C(=S)N2CCc3ccccc3C2)cc1. The first-order chi connectivity index (χ1) is 11.3. The van der Waals surface area contributed by atoms with Crippen molar-refractivity contribution in [1.29, 1.82) is 0 Å². The number of hydrogen-bond donors (Lipinski definition) is 0. The molecule has 0 radical (unpaired) electrons. The number of hydrogen-bond acceptors (Lipinski definition) is 2. The van der Waals surface area contributed by atoms with Gasteiger partial charge in [0.2, 0.25) is 0 Å². The van der Waals surface area contributed by atoms with Gasteiger partial charge in [0, 0.05) is 18.7 Å². The molecule has 2 aromatic rings. The van der Waals surface area contributed by atoms with E-state index >= 15 is 0 Å². The third-order valence-electron chi connectivity index (χ3n) is 4.29. The van der Waals surface area contributed by atoms with E-state index in [0.29, 0.717) is 0 Å². The lowest BCUT2D eigenvalue weighted by Crippen LogP contribution is -2.35. The molecule has 0 aromatic heterocycles. The minimum absolute atomic E-state index is 0.781. The third kappa shape index (κ3) is 3.91. The van der Waals surface area contributed by atoms with Crippen LogP contribution in [0.2, 0.25) is 0 Å². The molecule has 0 atom stereocenters. The van der Waals surface area contributed by atoms with E-state index in [1.54, 1.807) is 0 Å². The number of benzene rings is 2. The standard InChI is InChI=1S/C20H23NOS/c1-2-3-14-22-19-10-8-17(9-11-19)20(23)21-13-12-16-6-4-5-7-18(16)15-21/h4-11H,2-3,12-15H2,1H3. The third-order valence-corrected chi connectivity index (χ3v) is 4.78. The van der Waals surface area contributed by atoms with E-state index < -0.39 is 0 Å². The van der Waals surface area contributed by atoms with Gasteiger partial charge in [-0.2, -0.15) is 0 Å². The molecule has 0 aliphatic carbocycles. The second-order valence-corrected chi connectivity index (χ2v) is 6.36. The molecule has 0 bridgehead atoms. The molecule has 0 saturated carbocycles. The Morgan fingerprint density at radius 2 is 1.83 bits per heavy atom. The van der Waals surface area contributed by atoms with E-state index in [1.807, 2.05) is 12.1 Å². The average Bonchev–Trinajstić information content (AvgIpc) is 2.61. The van der Waals surface area contributed by atoms with Gasteiger partial charge in [-0.3, -0.25) is 0 Å². The minimum atomic E-state index is 0.781. The van der Waals surface area contributed by atoms with Crippen molar-refractivity contribution in [2.75, 3.05) is 13.2 Å². The lowest BCUT2D eigenvalue weighted by Gasteiger charge is -2.31. The highest BCUT2D eigenvalue weighted by molar-refractivity contribution is 7.80. The van der Waals surface area contributed by atoms with Crippen LogP contribution < -0.4 is 4.74 Å². The van der Waals surface area contributed by atoms with Crippen LogP contribution >= 0.6 is 12.2 Å². The molecule has 1 aliphatic rings. The molecule has 3 rings (SSSR count). The van der Waals surface area contributed by atoms with Crippen molar-refractivity contribution in [1.82, 2.24) is 4.90 Å². The zero-order chi connectivity index (χ0) is 16.1. The van der Waals surface area contributed by atoms with E-state index in [0.717, 1.165) is 55.3 Å². The maximum atomic E-state index is 5.72. The van der Waals surface area contributed by atoms with Crippen molar-refractivity contribution >= 4 is 17.2 Å². The number of nitrogens with zero attached hydrogens (tertiary/aromatic N) is 1. The molecule has 0 N–H and O–H groups in total. The van der Waals surface area contributed by atoms with Crippen LogP contribution in [0.5, 0.6) is 5.75 Å². The Kier molecular flexibility index (Phi) is 5.29. The summed E-state index contributed by atoms with van der Waals surface area (Å²) in [6.45, 7) is 4.85. The van der Waals surface area contributed by atoms with E-state index in [9.17, 15) is 0 Å². The van der Waals surface area contributed by atoms with Crippen LogP contribution in [-0.4, -0.2) is 23.0 Å². The molecule has 1 aliphatic heterocycles. The highest BCUT2D eigenvalue weighted by Gasteiger charge is 2.18. The van der Waals surface area contributed by atoms with Crippen molar-refractivity contribution < 1.29 is 4.74 Å². The summed E-state index contributed by atoms with van der Waals surface area (Å²) < 4.78 is 5.72. The fourth-order valence-electron chi connectivity index (χ4n) is 2.88. The molecule has 3 heteroatoms. The van der Waals surface area contributed by atoms with Crippen LogP contribution in [0.25, 0.3) is 0 Å². The van der Waals surface area contributed by atoms with Gasteiger partial charge in [0.05, 0.1) is 6.61 Å². The van der Waals surface area contributed by atoms with Crippen molar-refractivity contribution in [3.63, 3.8) is 0 Å². The molecule has 120 valence electrons. The maximum Gasteiger partial charge on any atom is 0.119 e. The number of unbranched alkanes of at least 4 members (excludes halogenated alkanes) is 1. The van der Waals surface area contributed by atoms with E-state index in [2.05, 4.69) is 48.2 Å². The van der Waals surface area contributed by atoms with Gasteiger partial charge in [-0.25, -0.2) is 0 Å². The molecule has 0 spiro atoms. The molecule has 0 saturated heterocycles. The predicted molar refractivity (Wildman–Crippen MR) is 99.1 cm³/mol. The van der Waals surface area contributed by atoms with Crippen molar-refractivity contribution in [3.8, 4) is 5.75 Å². The van der Waals surface area contributed by atoms with Crippen LogP contribution in [0.4, 0.5) is 0 Å². The average molecular weight is 325 g/mol. The molecule has 2 aromatic carbocycles. The molecule has 1 heterocycles. The molecular weight excluding hydrogens is 302 g/mol. The number of fused-ring (bicyclic) bond motifs is 1. The highest BCUT2D eigenvalue weighted by Crippen LogP contribution is 2.22. The minimum Gasteiger partial charge on any atom is -0.494 e. The predicted octanol–water partition coefficient (Wildman–Crippen LogP) is 4.60. The second-order valence-electron chi connectivity index (χ2n) is 5.97. The van der Waals surface area contributed by atoms with E-state index in [-0.39, 0.29) is 0 Å². The summed E-state index contributed by atoms with van der Waals surface area (Å²) in [5.41, 5.74) is 3.94. The lowest BCUT2D eigenvalue weighted by atomic mass is 9.99. The summed E-state index contributed by atoms with van der Waals surface area (Å²) >= 11 is 5.70. The van der Waals surface area contributed by atoms with Gasteiger partial charge >= 0.3 is 0 Å². The van der Waals surface area contributed by atoms with E-state index in [1.165, 1.54) is 11.1 Å². The van der Waals surface area contributed by atoms with Crippen LogP contribution in [0.3, 0.4) is 0 Å². The quantitative estimate of drug-likeness (QED) is 0.589. The summed E-state index contributed by atoms with van der Waals surface area (Å²) in [7, 11) is 0. The van der Waals surface area contributed by atoms with Gasteiger partial charge in [0.1, 0.15) is 10.7 Å². The van der Waals surface area contributed by atoms with Crippen molar-refractivity contribution in [2.24, 2.45) is 0 Å². The molecule has 0 fully saturated rings. The van der Waals surface area contributed by atoms with Crippen LogP contribution in [-0.2, 0) is 13.0 Å². The first-order valence-corrected chi connectivity index (χ1v) is 8.77. The summed E-state index contributed by atoms with van der Waals surface area (Å²) in [6.07, 6.45) is 3.31. The molecule has 0 unspecified atom stereocenters. The van der Waals surface area contributed by atoms with Gasteiger partial charge in [-0.15, -0.1) is 0 Å². The number of rotatable bonds is 5. The fourth-order valence-corrected chi connectivity index (χ4v) is 3.17. The topological polar surface area (TPSA) is 12.5 Å². The summed E-state index contributed by atoms with van der Waals surface area (Å²) in [6, 6.07) is 16.8. The van der Waals surface area contributed by atoms with Crippen molar-refractivity contribution in [3.05, 3.63) is 65.2 Å². The Labute approximate surface area is 144 Å². The van der Waals surface area contributed by atoms with Crippen molar-refractivity contribution in [2.45, 2.75) is 32.7 Å². The Bertz CT molecular complexity index is 666. The zero-order valence-corrected chi connectivity index (χ0v) is 14.4. The Balaban J connectivity index is 1.64. The Morgan fingerprint density at radius 3 is 2.57 bits per heavy atom. The monoisotopic (exact) mass is 325 g/mol. The normalized spacial score (nSPS) is 13.5. The van der Waals surface area contributed by atoms with Crippen LogP contribution in [0.1, 0.15) is 36.5 Å². The van der Waals surface area contributed by atoms with Gasteiger partial charge in [0.15, 0.2) is 0 Å². The van der Waals surface area contributed by atoms with Gasteiger partial charge < -0.3 is 9.64 Å². The van der Waals surface area contributed by atoms with Gasteiger partial charge in [-0.1, -0.05) is 49.8 Å². The maximum absolute atomic E-state index is 5.72. The second kappa shape index (κ2) is 7.60. The first-order valence-electron chi connectivity index (χ1n) is 8.37. The summed E-state index contributed by atoms with van der Waals surface area (Å²) in [4.78, 5) is 3.23. The molecule has 23 heavy (non-hydrogen) atoms. The smallest absolute Gasteiger partial charge is 0.119 e. The largest absolute Gasteiger partial charge is 0.494 e. The van der Waals surface area contributed by atoms with Gasteiger partial charge in [0.25, 0.3) is 0 Å². The first kappa shape index (κ1) is 16.0. The molecule has 0 amide bonds. The Morgan fingerprint density at radius 1 is 1.09 bits per heavy atom. The highest BCUT2D eigenvalue weighted by atomic mass is 32.1.